The number of thiophene rings is 1. The van der Waals surface area contributed by atoms with E-state index in [1.54, 1.807) is 12.1 Å². The fourth-order valence-electron chi connectivity index (χ4n) is 3.03. The Morgan fingerprint density at radius 2 is 2.11 bits per heavy atom. The highest BCUT2D eigenvalue weighted by Gasteiger charge is 2.34. The van der Waals surface area contributed by atoms with E-state index in [-0.39, 0.29) is 16.4 Å². The lowest BCUT2D eigenvalue weighted by Crippen LogP contribution is -2.43. The van der Waals surface area contributed by atoms with E-state index < -0.39 is 38.3 Å². The molecule has 8 nitrogen and oxygen atoms in total. The normalized spacial score (nSPS) is 18.0. The Labute approximate surface area is 165 Å². The van der Waals surface area contributed by atoms with E-state index in [0.717, 1.165) is 17.0 Å². The second-order valence-corrected chi connectivity index (χ2v) is 9.93. The molecule has 2 aromatic rings. The summed E-state index contributed by atoms with van der Waals surface area (Å²) < 4.78 is 40.5. The standard InChI is InChI=1S/C17H18FN3O5S2/c1-11-4-7-16(27-11)28(25,26)20-8-2-3-12(10-20)17(22)19-13-5-6-14(18)15(9-13)21(23)24/h4-7,9,12H,2-3,8,10H2,1H3,(H,19,22)/t12-/m1/s1. The zero-order valence-corrected chi connectivity index (χ0v) is 16.6. The number of aryl methyl sites for hydroxylation is 1. The minimum absolute atomic E-state index is 0.0222. The smallest absolute Gasteiger partial charge is 0.306 e. The van der Waals surface area contributed by atoms with Crippen LogP contribution in [0.25, 0.3) is 0 Å². The Kier molecular flexibility index (Phi) is 5.77. The molecule has 1 N–H and O–H groups in total. The monoisotopic (exact) mass is 427 g/mol. The van der Waals surface area contributed by atoms with E-state index in [0.29, 0.717) is 19.4 Å². The maximum Gasteiger partial charge on any atom is 0.306 e. The topological polar surface area (TPSA) is 110 Å². The third-order valence-electron chi connectivity index (χ3n) is 4.48. The highest BCUT2D eigenvalue weighted by atomic mass is 32.2. The number of carbonyl (C=O) groups is 1. The number of halogens is 1. The van der Waals surface area contributed by atoms with Crippen LogP contribution in [0.1, 0.15) is 17.7 Å². The van der Waals surface area contributed by atoms with Gasteiger partial charge in [-0.3, -0.25) is 14.9 Å². The van der Waals surface area contributed by atoms with Crippen LogP contribution in [0.3, 0.4) is 0 Å². The summed E-state index contributed by atoms with van der Waals surface area (Å²) in [7, 11) is -3.67. The lowest BCUT2D eigenvalue weighted by atomic mass is 9.98. The molecule has 28 heavy (non-hydrogen) atoms. The van der Waals surface area contributed by atoms with Crippen molar-refractivity contribution in [3.63, 3.8) is 0 Å². The van der Waals surface area contributed by atoms with Gasteiger partial charge in [-0.15, -0.1) is 11.3 Å². The first-order valence-electron chi connectivity index (χ1n) is 8.50. The van der Waals surface area contributed by atoms with Gasteiger partial charge in [-0.25, -0.2) is 8.42 Å². The maximum atomic E-state index is 13.4. The summed E-state index contributed by atoms with van der Waals surface area (Å²) in [5.74, 6) is -2.05. The fourth-order valence-corrected chi connectivity index (χ4v) is 5.99. The third-order valence-corrected chi connectivity index (χ3v) is 7.81. The number of amides is 1. The number of anilines is 1. The molecule has 1 aromatic carbocycles. The number of nitrogens with one attached hydrogen (secondary N) is 1. The van der Waals surface area contributed by atoms with Crippen LogP contribution in [0, 0.1) is 28.8 Å². The lowest BCUT2D eigenvalue weighted by molar-refractivity contribution is -0.387. The molecule has 0 spiro atoms. The number of nitrogens with zero attached hydrogens (tertiary/aromatic N) is 2. The van der Waals surface area contributed by atoms with E-state index in [2.05, 4.69) is 5.32 Å². The number of benzene rings is 1. The average Bonchev–Trinajstić information content (AvgIpc) is 3.10. The number of rotatable bonds is 5. The van der Waals surface area contributed by atoms with Crippen LogP contribution in [0.2, 0.25) is 0 Å². The van der Waals surface area contributed by atoms with Gasteiger partial charge in [0.1, 0.15) is 4.21 Å². The van der Waals surface area contributed by atoms with Gasteiger partial charge < -0.3 is 5.32 Å². The molecule has 3 rings (SSSR count). The summed E-state index contributed by atoms with van der Waals surface area (Å²) in [6, 6.07) is 6.36. The average molecular weight is 427 g/mol. The quantitative estimate of drug-likeness (QED) is 0.582. The van der Waals surface area contributed by atoms with Gasteiger partial charge in [-0.1, -0.05) is 0 Å². The van der Waals surface area contributed by atoms with Gasteiger partial charge >= 0.3 is 5.69 Å². The molecule has 1 aliphatic heterocycles. The Morgan fingerprint density at radius 3 is 2.75 bits per heavy atom. The predicted octanol–water partition coefficient (Wildman–Crippen LogP) is 3.14. The first-order valence-corrected chi connectivity index (χ1v) is 10.8. The number of carbonyl (C=O) groups excluding carboxylic acids is 1. The van der Waals surface area contributed by atoms with Gasteiger partial charge in [0, 0.05) is 29.7 Å². The summed E-state index contributed by atoms with van der Waals surface area (Å²) in [6.07, 6.45) is 1.01. The molecule has 1 aliphatic rings. The summed E-state index contributed by atoms with van der Waals surface area (Å²) in [4.78, 5) is 23.4. The van der Waals surface area contributed by atoms with E-state index >= 15 is 0 Å². The van der Waals surface area contributed by atoms with Crippen molar-refractivity contribution in [2.45, 2.75) is 24.0 Å². The van der Waals surface area contributed by atoms with Crippen molar-refractivity contribution in [2.75, 3.05) is 18.4 Å². The van der Waals surface area contributed by atoms with Crippen LogP contribution in [-0.2, 0) is 14.8 Å². The predicted molar refractivity (Wildman–Crippen MR) is 102 cm³/mol. The first-order chi connectivity index (χ1) is 13.2. The number of nitro groups is 1. The highest BCUT2D eigenvalue weighted by molar-refractivity contribution is 7.91. The number of sulfonamides is 1. The van der Waals surface area contributed by atoms with Crippen molar-refractivity contribution in [1.29, 1.82) is 0 Å². The molecule has 0 aliphatic carbocycles. The van der Waals surface area contributed by atoms with Crippen LogP contribution >= 0.6 is 11.3 Å². The SMILES string of the molecule is Cc1ccc(S(=O)(=O)N2CCC[C@@H](C(=O)Nc3ccc(F)c([N+](=O)[O-])c3)C2)s1. The van der Waals surface area contributed by atoms with Crippen molar-refractivity contribution in [3.8, 4) is 0 Å². The van der Waals surface area contributed by atoms with Crippen molar-refractivity contribution >= 4 is 38.6 Å². The van der Waals surface area contributed by atoms with E-state index in [9.17, 15) is 27.7 Å². The van der Waals surface area contributed by atoms with Gasteiger partial charge in [0.25, 0.3) is 10.0 Å². The summed E-state index contributed by atoms with van der Waals surface area (Å²) >= 11 is 1.18. The number of hydrogen-bond acceptors (Lipinski definition) is 6. The van der Waals surface area contributed by atoms with Crippen LogP contribution in [-0.4, -0.2) is 36.6 Å². The molecule has 1 amide bonds. The van der Waals surface area contributed by atoms with Crippen LogP contribution in [0.4, 0.5) is 15.8 Å². The Balaban J connectivity index is 1.73. The minimum Gasteiger partial charge on any atom is -0.326 e. The summed E-state index contributed by atoms with van der Waals surface area (Å²) in [5.41, 5.74) is -0.648. The molecule has 0 bridgehead atoms. The van der Waals surface area contributed by atoms with Gasteiger partial charge in [0.2, 0.25) is 11.7 Å². The molecule has 1 aromatic heterocycles. The van der Waals surface area contributed by atoms with Crippen LogP contribution in [0.5, 0.6) is 0 Å². The van der Waals surface area contributed by atoms with Gasteiger partial charge in [-0.2, -0.15) is 8.70 Å². The molecule has 1 saturated heterocycles. The molecule has 0 saturated carbocycles. The zero-order chi connectivity index (χ0) is 20.5. The molecular formula is C17H18FN3O5S2. The fraction of sp³-hybridized carbons (Fsp3) is 0.353. The second-order valence-electron chi connectivity index (χ2n) is 6.48. The van der Waals surface area contributed by atoms with E-state index in [1.807, 2.05) is 6.92 Å². The molecule has 0 radical (unpaired) electrons. The lowest BCUT2D eigenvalue weighted by Gasteiger charge is -2.30. The molecular weight excluding hydrogens is 409 g/mol. The maximum absolute atomic E-state index is 13.4. The van der Waals surface area contributed by atoms with Crippen molar-refractivity contribution < 1.29 is 22.5 Å². The molecule has 11 heteroatoms. The first kappa shape index (κ1) is 20.4. The molecule has 1 fully saturated rings. The highest BCUT2D eigenvalue weighted by Crippen LogP contribution is 2.29. The Hall–Kier alpha value is -2.37. The van der Waals surface area contributed by atoms with Crippen molar-refractivity contribution in [2.24, 2.45) is 5.92 Å². The number of piperidine rings is 1. The van der Waals surface area contributed by atoms with Gasteiger partial charge in [0.05, 0.1) is 10.8 Å². The largest absolute Gasteiger partial charge is 0.326 e. The Bertz CT molecular complexity index is 1020. The molecule has 0 unspecified atom stereocenters. The van der Waals surface area contributed by atoms with E-state index in [4.69, 9.17) is 0 Å². The minimum atomic E-state index is -3.67. The zero-order valence-electron chi connectivity index (χ0n) is 14.9. The van der Waals surface area contributed by atoms with Crippen LogP contribution in [0.15, 0.2) is 34.5 Å². The summed E-state index contributed by atoms with van der Waals surface area (Å²) in [6.45, 7) is 2.16. The third kappa shape index (κ3) is 4.21. The number of nitro benzene ring substituents is 1. The van der Waals surface area contributed by atoms with Crippen LogP contribution < -0.4 is 5.32 Å². The van der Waals surface area contributed by atoms with Crippen molar-refractivity contribution in [3.05, 3.63) is 51.1 Å². The van der Waals surface area contributed by atoms with Gasteiger partial charge in [-0.05, 0) is 44.0 Å². The molecule has 2 heterocycles. The Morgan fingerprint density at radius 1 is 1.36 bits per heavy atom. The van der Waals surface area contributed by atoms with Gasteiger partial charge in [0.15, 0.2) is 0 Å². The van der Waals surface area contributed by atoms with E-state index in [1.165, 1.54) is 21.7 Å². The second kappa shape index (κ2) is 7.94. The molecule has 1 atom stereocenters. The number of hydrogen-bond donors (Lipinski definition) is 1. The molecule has 150 valence electrons. The van der Waals surface area contributed by atoms with Crippen molar-refractivity contribution in [1.82, 2.24) is 4.31 Å². The summed E-state index contributed by atoms with van der Waals surface area (Å²) in [5, 5.41) is 13.4.